The first-order chi connectivity index (χ1) is 11.1. The minimum absolute atomic E-state index is 0.222. The van der Waals surface area contributed by atoms with Crippen molar-refractivity contribution in [3.8, 4) is 0 Å². The predicted octanol–water partition coefficient (Wildman–Crippen LogP) is 3.54. The second kappa shape index (κ2) is 6.22. The summed E-state index contributed by atoms with van der Waals surface area (Å²) in [6, 6.07) is 22.0. The lowest BCUT2D eigenvalue weighted by atomic mass is 10.1. The summed E-state index contributed by atoms with van der Waals surface area (Å²) in [7, 11) is -3.73. The van der Waals surface area contributed by atoms with E-state index in [9.17, 15) is 8.42 Å². The van der Waals surface area contributed by atoms with Crippen molar-refractivity contribution in [3.63, 3.8) is 0 Å². The van der Waals surface area contributed by atoms with Gasteiger partial charge in [-0.15, -0.1) is 0 Å². The molecular weight excluding hydrogens is 308 g/mol. The molecule has 3 aromatic rings. The van der Waals surface area contributed by atoms with Crippen LogP contribution >= 0.6 is 0 Å². The minimum atomic E-state index is -3.73. The molecule has 0 amide bonds. The monoisotopic (exact) mass is 324 g/mol. The third-order valence-electron chi connectivity index (χ3n) is 3.56. The fourth-order valence-corrected chi connectivity index (χ4v) is 3.44. The summed E-state index contributed by atoms with van der Waals surface area (Å²) < 4.78 is 25.1. The first-order valence-electron chi connectivity index (χ1n) is 7.17. The van der Waals surface area contributed by atoms with E-state index in [1.54, 1.807) is 25.1 Å². The average Bonchev–Trinajstić information content (AvgIpc) is 2.60. The van der Waals surface area contributed by atoms with Crippen LogP contribution in [0.25, 0.3) is 10.8 Å². The van der Waals surface area contributed by atoms with Crippen LogP contribution in [0.15, 0.2) is 82.8 Å². The van der Waals surface area contributed by atoms with Gasteiger partial charge in [0, 0.05) is 5.39 Å². The van der Waals surface area contributed by atoms with Gasteiger partial charge in [0.05, 0.1) is 10.6 Å². The summed E-state index contributed by atoms with van der Waals surface area (Å²) in [4.78, 5) is 2.55. The Balaban J connectivity index is 1.96. The Kier molecular flexibility index (Phi) is 4.12. The molecule has 0 aliphatic carbocycles. The molecule has 0 aliphatic heterocycles. The molecule has 116 valence electrons. The molecule has 0 saturated heterocycles. The van der Waals surface area contributed by atoms with Crippen LogP contribution < -0.4 is 4.83 Å². The smallest absolute Gasteiger partial charge is 0.200 e. The zero-order chi connectivity index (χ0) is 16.3. The molecule has 0 spiro atoms. The van der Waals surface area contributed by atoms with Gasteiger partial charge in [-0.3, -0.25) is 0 Å². The van der Waals surface area contributed by atoms with Gasteiger partial charge in [0.15, 0.2) is 0 Å². The summed E-state index contributed by atoms with van der Waals surface area (Å²) in [5.41, 5.74) is 1.47. The van der Waals surface area contributed by atoms with E-state index in [2.05, 4.69) is 9.93 Å². The van der Waals surface area contributed by atoms with E-state index in [1.807, 2.05) is 54.6 Å². The van der Waals surface area contributed by atoms with Crippen molar-refractivity contribution in [2.75, 3.05) is 0 Å². The van der Waals surface area contributed by atoms with E-state index in [0.29, 0.717) is 11.1 Å². The standard InChI is InChI=1S/C18H16N2O2S/c1-14(15-8-3-2-4-9-15)19-20-23(21,22)18-13-7-11-16-10-5-6-12-17(16)18/h2-13,20H,1H3/b19-14+. The highest BCUT2D eigenvalue weighted by atomic mass is 32.2. The van der Waals surface area contributed by atoms with Crippen molar-refractivity contribution < 1.29 is 8.42 Å². The molecular formula is C18H16N2O2S. The van der Waals surface area contributed by atoms with E-state index in [1.165, 1.54) is 0 Å². The second-order valence-electron chi connectivity index (χ2n) is 5.14. The highest BCUT2D eigenvalue weighted by Gasteiger charge is 2.16. The Morgan fingerprint density at radius 2 is 1.52 bits per heavy atom. The number of nitrogens with zero attached hydrogens (tertiary/aromatic N) is 1. The Labute approximate surface area is 135 Å². The number of hydrogen-bond donors (Lipinski definition) is 1. The molecule has 0 radical (unpaired) electrons. The summed E-state index contributed by atoms with van der Waals surface area (Å²) in [5, 5.41) is 5.58. The van der Waals surface area contributed by atoms with Crippen molar-refractivity contribution in [2.45, 2.75) is 11.8 Å². The van der Waals surface area contributed by atoms with Gasteiger partial charge in [0.25, 0.3) is 10.0 Å². The normalized spacial score (nSPS) is 12.3. The van der Waals surface area contributed by atoms with E-state index in [-0.39, 0.29) is 4.90 Å². The molecule has 0 saturated carbocycles. The number of nitrogens with one attached hydrogen (secondary N) is 1. The van der Waals surface area contributed by atoms with Crippen LogP contribution in [-0.4, -0.2) is 14.1 Å². The van der Waals surface area contributed by atoms with Crippen LogP contribution in [-0.2, 0) is 10.0 Å². The molecule has 4 nitrogen and oxygen atoms in total. The topological polar surface area (TPSA) is 58.5 Å². The molecule has 0 bridgehead atoms. The fraction of sp³-hybridized carbons (Fsp3) is 0.0556. The van der Waals surface area contributed by atoms with Crippen molar-refractivity contribution in [2.24, 2.45) is 5.10 Å². The maximum absolute atomic E-state index is 12.6. The molecule has 23 heavy (non-hydrogen) atoms. The van der Waals surface area contributed by atoms with E-state index in [4.69, 9.17) is 0 Å². The second-order valence-corrected chi connectivity index (χ2v) is 6.76. The molecule has 5 heteroatoms. The Hall–Kier alpha value is -2.66. The van der Waals surface area contributed by atoms with E-state index >= 15 is 0 Å². The van der Waals surface area contributed by atoms with Crippen LogP contribution in [0.5, 0.6) is 0 Å². The lowest BCUT2D eigenvalue weighted by molar-refractivity contribution is 0.585. The molecule has 1 N–H and O–H groups in total. The fourth-order valence-electron chi connectivity index (χ4n) is 2.35. The molecule has 3 aromatic carbocycles. The third kappa shape index (κ3) is 3.24. The molecule has 0 atom stereocenters. The quantitative estimate of drug-likeness (QED) is 0.589. The zero-order valence-electron chi connectivity index (χ0n) is 12.6. The van der Waals surface area contributed by atoms with Crippen LogP contribution in [0.3, 0.4) is 0 Å². The average molecular weight is 324 g/mol. The van der Waals surface area contributed by atoms with Gasteiger partial charge in [-0.25, -0.2) is 0 Å². The van der Waals surface area contributed by atoms with Crippen molar-refractivity contribution in [3.05, 3.63) is 78.4 Å². The summed E-state index contributed by atoms with van der Waals surface area (Å²) >= 11 is 0. The first kappa shape index (κ1) is 15.2. The number of rotatable bonds is 4. The van der Waals surface area contributed by atoms with Crippen molar-refractivity contribution >= 4 is 26.5 Å². The van der Waals surface area contributed by atoms with Crippen LogP contribution in [0.2, 0.25) is 0 Å². The van der Waals surface area contributed by atoms with Gasteiger partial charge in [-0.05, 0) is 23.9 Å². The minimum Gasteiger partial charge on any atom is -0.200 e. The Morgan fingerprint density at radius 3 is 2.30 bits per heavy atom. The number of hydrogen-bond acceptors (Lipinski definition) is 3. The van der Waals surface area contributed by atoms with Crippen molar-refractivity contribution in [1.29, 1.82) is 0 Å². The van der Waals surface area contributed by atoms with Gasteiger partial charge in [0.2, 0.25) is 0 Å². The zero-order valence-corrected chi connectivity index (χ0v) is 13.4. The molecule has 0 unspecified atom stereocenters. The third-order valence-corrected chi connectivity index (χ3v) is 4.83. The maximum atomic E-state index is 12.6. The van der Waals surface area contributed by atoms with Gasteiger partial charge in [-0.2, -0.15) is 18.4 Å². The van der Waals surface area contributed by atoms with Gasteiger partial charge < -0.3 is 0 Å². The number of sulfonamides is 1. The van der Waals surface area contributed by atoms with Crippen molar-refractivity contribution in [1.82, 2.24) is 4.83 Å². The summed E-state index contributed by atoms with van der Waals surface area (Å²) in [6.07, 6.45) is 0. The molecule has 0 aliphatic rings. The SMILES string of the molecule is C/C(=N\NS(=O)(=O)c1cccc2ccccc12)c1ccccc1. The van der Waals surface area contributed by atoms with E-state index in [0.717, 1.165) is 10.9 Å². The Bertz CT molecular complexity index is 959. The van der Waals surface area contributed by atoms with E-state index < -0.39 is 10.0 Å². The largest absolute Gasteiger partial charge is 0.277 e. The van der Waals surface area contributed by atoms with Gasteiger partial charge >= 0.3 is 0 Å². The highest BCUT2D eigenvalue weighted by molar-refractivity contribution is 7.89. The van der Waals surface area contributed by atoms with Crippen LogP contribution in [0.1, 0.15) is 12.5 Å². The van der Waals surface area contributed by atoms with Gasteiger partial charge in [0.1, 0.15) is 0 Å². The lowest BCUT2D eigenvalue weighted by Gasteiger charge is -2.08. The highest BCUT2D eigenvalue weighted by Crippen LogP contribution is 2.22. The molecule has 3 rings (SSSR count). The lowest BCUT2D eigenvalue weighted by Crippen LogP contribution is -2.20. The first-order valence-corrected chi connectivity index (χ1v) is 8.65. The maximum Gasteiger partial charge on any atom is 0.277 e. The molecule has 0 fully saturated rings. The number of benzene rings is 3. The van der Waals surface area contributed by atoms with Gasteiger partial charge in [-0.1, -0.05) is 66.7 Å². The Morgan fingerprint density at radius 1 is 0.870 bits per heavy atom. The number of fused-ring (bicyclic) bond motifs is 1. The molecule has 0 aromatic heterocycles. The predicted molar refractivity (Wildman–Crippen MR) is 92.9 cm³/mol. The van der Waals surface area contributed by atoms with Crippen LogP contribution in [0, 0.1) is 0 Å². The number of hydrazone groups is 1. The van der Waals surface area contributed by atoms with Crippen LogP contribution in [0.4, 0.5) is 0 Å². The summed E-state index contributed by atoms with van der Waals surface area (Å²) in [6.45, 7) is 1.76. The molecule has 0 heterocycles. The summed E-state index contributed by atoms with van der Waals surface area (Å²) in [5.74, 6) is 0.